The van der Waals surface area contributed by atoms with Gasteiger partial charge in [-0.2, -0.15) is 0 Å². The third-order valence-electron chi connectivity index (χ3n) is 5.36. The standard InChI is InChI=1S/C20H26N4O/c1-15-13-21-19(22-15)14-23-8-5-9-24(11-10-23)20(25)18-12-17(18)16-6-3-2-4-7-16/h2-4,6-7,13,17-18H,5,8-12,14H2,1H3,(H,21,22)/t17-,18+/m0/s1. The molecule has 5 nitrogen and oxygen atoms in total. The molecule has 25 heavy (non-hydrogen) atoms. The number of rotatable bonds is 4. The fourth-order valence-electron chi connectivity index (χ4n) is 3.88. The normalized spacial score (nSPS) is 24.1. The van der Waals surface area contributed by atoms with Gasteiger partial charge in [-0.25, -0.2) is 4.98 Å². The molecule has 132 valence electrons. The molecule has 1 saturated carbocycles. The SMILES string of the molecule is Cc1cnc(CN2CCCN(C(=O)[C@@H]3C[C@H]3c3ccccc3)CC2)[nH]1. The minimum atomic E-state index is 0.196. The van der Waals surface area contributed by atoms with Gasteiger partial charge in [-0.15, -0.1) is 0 Å². The molecule has 2 aromatic rings. The summed E-state index contributed by atoms with van der Waals surface area (Å²) < 4.78 is 0. The molecular formula is C20H26N4O. The Balaban J connectivity index is 1.31. The summed E-state index contributed by atoms with van der Waals surface area (Å²) in [5.74, 6) is 1.99. The highest BCUT2D eigenvalue weighted by Gasteiger charge is 2.45. The number of imidazole rings is 1. The summed E-state index contributed by atoms with van der Waals surface area (Å²) in [7, 11) is 0. The lowest BCUT2D eigenvalue weighted by Crippen LogP contribution is -2.36. The first-order valence-electron chi connectivity index (χ1n) is 9.27. The van der Waals surface area contributed by atoms with E-state index in [2.05, 4.69) is 44.0 Å². The molecule has 0 spiro atoms. The summed E-state index contributed by atoms with van der Waals surface area (Å²) in [6.07, 6.45) is 3.92. The molecule has 2 aliphatic rings. The monoisotopic (exact) mass is 338 g/mol. The molecule has 2 atom stereocenters. The van der Waals surface area contributed by atoms with Gasteiger partial charge in [0.05, 0.1) is 6.54 Å². The molecule has 1 amide bonds. The average Bonchev–Trinajstić information content (AvgIpc) is 3.37. The maximum absolute atomic E-state index is 12.9. The number of benzene rings is 1. The van der Waals surface area contributed by atoms with Crippen molar-refractivity contribution >= 4 is 5.91 Å². The smallest absolute Gasteiger partial charge is 0.226 e. The van der Waals surface area contributed by atoms with Gasteiger partial charge in [-0.1, -0.05) is 30.3 Å². The third kappa shape index (κ3) is 3.76. The summed E-state index contributed by atoms with van der Waals surface area (Å²) in [6, 6.07) is 10.5. The van der Waals surface area contributed by atoms with Crippen LogP contribution in [0.25, 0.3) is 0 Å². The first-order chi connectivity index (χ1) is 12.2. The number of H-pyrrole nitrogens is 1. The van der Waals surface area contributed by atoms with Crippen LogP contribution in [0.3, 0.4) is 0 Å². The second-order valence-electron chi connectivity index (χ2n) is 7.33. The lowest BCUT2D eigenvalue weighted by atomic mass is 10.1. The Labute approximate surface area is 149 Å². The van der Waals surface area contributed by atoms with Crippen molar-refractivity contribution in [3.63, 3.8) is 0 Å². The predicted octanol–water partition coefficient (Wildman–Crippen LogP) is 2.56. The van der Waals surface area contributed by atoms with E-state index in [1.165, 1.54) is 5.56 Å². The first kappa shape index (κ1) is 16.3. The van der Waals surface area contributed by atoms with Crippen LogP contribution in [-0.2, 0) is 11.3 Å². The Morgan fingerprint density at radius 3 is 2.80 bits per heavy atom. The first-order valence-corrected chi connectivity index (χ1v) is 9.27. The van der Waals surface area contributed by atoms with Crippen molar-refractivity contribution in [3.05, 3.63) is 53.6 Å². The van der Waals surface area contributed by atoms with E-state index in [9.17, 15) is 4.79 Å². The highest BCUT2D eigenvalue weighted by molar-refractivity contribution is 5.83. The number of hydrogen-bond donors (Lipinski definition) is 1. The van der Waals surface area contributed by atoms with E-state index in [0.29, 0.717) is 11.8 Å². The molecule has 1 N–H and O–H groups in total. The van der Waals surface area contributed by atoms with Crippen molar-refractivity contribution in [2.45, 2.75) is 32.2 Å². The topological polar surface area (TPSA) is 52.2 Å². The Morgan fingerprint density at radius 1 is 1.20 bits per heavy atom. The van der Waals surface area contributed by atoms with Gasteiger partial charge in [-0.3, -0.25) is 9.69 Å². The molecule has 1 aromatic carbocycles. The van der Waals surface area contributed by atoms with Crippen molar-refractivity contribution < 1.29 is 4.79 Å². The van der Waals surface area contributed by atoms with Crippen molar-refractivity contribution in [2.75, 3.05) is 26.2 Å². The van der Waals surface area contributed by atoms with Crippen molar-refractivity contribution in [2.24, 2.45) is 5.92 Å². The van der Waals surface area contributed by atoms with Crippen molar-refractivity contribution in [3.8, 4) is 0 Å². The Hall–Kier alpha value is -2.14. The molecule has 4 rings (SSSR count). The highest BCUT2D eigenvalue weighted by atomic mass is 16.2. The molecule has 1 aliphatic carbocycles. The van der Waals surface area contributed by atoms with Gasteiger partial charge in [0.25, 0.3) is 0 Å². The number of carbonyl (C=O) groups excluding carboxylic acids is 1. The molecule has 2 heterocycles. The largest absolute Gasteiger partial charge is 0.345 e. The number of nitrogens with one attached hydrogen (secondary N) is 1. The third-order valence-corrected chi connectivity index (χ3v) is 5.36. The van der Waals surface area contributed by atoms with Gasteiger partial charge in [0.15, 0.2) is 0 Å². The summed E-state index contributed by atoms with van der Waals surface area (Å²) in [5.41, 5.74) is 2.41. The predicted molar refractivity (Wildman–Crippen MR) is 97.1 cm³/mol. The van der Waals surface area contributed by atoms with Crippen LogP contribution >= 0.6 is 0 Å². The van der Waals surface area contributed by atoms with E-state index in [4.69, 9.17) is 0 Å². The zero-order valence-corrected chi connectivity index (χ0v) is 14.8. The van der Waals surface area contributed by atoms with Crippen molar-refractivity contribution in [1.82, 2.24) is 19.8 Å². The summed E-state index contributed by atoms with van der Waals surface area (Å²) in [4.78, 5) is 25.0. The van der Waals surface area contributed by atoms with E-state index < -0.39 is 0 Å². The molecular weight excluding hydrogens is 312 g/mol. The van der Waals surface area contributed by atoms with E-state index in [0.717, 1.165) is 57.1 Å². The number of aromatic amines is 1. The average molecular weight is 338 g/mol. The minimum absolute atomic E-state index is 0.196. The molecule has 1 aromatic heterocycles. The number of hydrogen-bond acceptors (Lipinski definition) is 3. The molecule has 0 unspecified atom stereocenters. The van der Waals surface area contributed by atoms with Crippen LogP contribution < -0.4 is 0 Å². The highest BCUT2D eigenvalue weighted by Crippen LogP contribution is 2.48. The van der Waals surface area contributed by atoms with Crippen LogP contribution in [-0.4, -0.2) is 51.9 Å². The van der Waals surface area contributed by atoms with E-state index in [1.807, 2.05) is 19.2 Å². The fraction of sp³-hybridized carbons (Fsp3) is 0.500. The summed E-state index contributed by atoms with van der Waals surface area (Å²) in [5, 5.41) is 0. The van der Waals surface area contributed by atoms with Gasteiger partial charge >= 0.3 is 0 Å². The van der Waals surface area contributed by atoms with Crippen LogP contribution in [0.15, 0.2) is 36.5 Å². The molecule has 1 aliphatic heterocycles. The minimum Gasteiger partial charge on any atom is -0.345 e. The molecule has 5 heteroatoms. The van der Waals surface area contributed by atoms with Gasteiger partial charge < -0.3 is 9.88 Å². The van der Waals surface area contributed by atoms with E-state index in [-0.39, 0.29) is 5.92 Å². The lowest BCUT2D eigenvalue weighted by Gasteiger charge is -2.21. The number of nitrogens with zero attached hydrogens (tertiary/aromatic N) is 3. The number of aromatic nitrogens is 2. The molecule has 0 bridgehead atoms. The van der Waals surface area contributed by atoms with Crippen LogP contribution in [0.4, 0.5) is 0 Å². The number of aryl methyl sites for hydroxylation is 1. The summed E-state index contributed by atoms with van der Waals surface area (Å²) >= 11 is 0. The Kier molecular flexibility index (Phi) is 4.57. The summed E-state index contributed by atoms with van der Waals surface area (Å²) in [6.45, 7) is 6.52. The maximum Gasteiger partial charge on any atom is 0.226 e. The fourth-order valence-corrected chi connectivity index (χ4v) is 3.88. The van der Waals surface area contributed by atoms with Crippen LogP contribution in [0.5, 0.6) is 0 Å². The molecule has 0 radical (unpaired) electrons. The lowest BCUT2D eigenvalue weighted by molar-refractivity contribution is -0.132. The zero-order valence-electron chi connectivity index (χ0n) is 14.8. The second-order valence-corrected chi connectivity index (χ2v) is 7.33. The van der Waals surface area contributed by atoms with Gasteiger partial charge in [0.1, 0.15) is 5.82 Å². The van der Waals surface area contributed by atoms with Gasteiger partial charge in [-0.05, 0) is 31.2 Å². The maximum atomic E-state index is 12.9. The van der Waals surface area contributed by atoms with Crippen LogP contribution in [0.1, 0.15) is 35.8 Å². The van der Waals surface area contributed by atoms with Crippen LogP contribution in [0.2, 0.25) is 0 Å². The number of carbonyl (C=O) groups is 1. The van der Waals surface area contributed by atoms with Crippen molar-refractivity contribution in [1.29, 1.82) is 0 Å². The van der Waals surface area contributed by atoms with E-state index in [1.54, 1.807) is 0 Å². The molecule has 2 fully saturated rings. The Morgan fingerprint density at radius 2 is 2.04 bits per heavy atom. The van der Waals surface area contributed by atoms with Gasteiger partial charge in [0.2, 0.25) is 5.91 Å². The second kappa shape index (κ2) is 7.00. The Bertz CT molecular complexity index is 726. The van der Waals surface area contributed by atoms with E-state index >= 15 is 0 Å². The van der Waals surface area contributed by atoms with Crippen LogP contribution in [0, 0.1) is 12.8 Å². The number of amides is 1. The van der Waals surface area contributed by atoms with Gasteiger partial charge in [0, 0.05) is 44.0 Å². The zero-order chi connectivity index (χ0) is 17.2. The molecule has 1 saturated heterocycles. The quantitative estimate of drug-likeness (QED) is 0.932.